The third-order valence-corrected chi connectivity index (χ3v) is 4.59. The zero-order valence-corrected chi connectivity index (χ0v) is 14.6. The number of nitrogens with one attached hydrogen (secondary N) is 1. The number of rotatable bonds is 5. The van der Waals surface area contributed by atoms with Crippen LogP contribution in [-0.2, 0) is 0 Å². The first-order valence-corrected chi connectivity index (χ1v) is 8.66. The van der Waals surface area contributed by atoms with Crippen LogP contribution in [0.15, 0.2) is 42.6 Å². The summed E-state index contributed by atoms with van der Waals surface area (Å²) in [5.74, 6) is 0.990. The largest absolute Gasteiger partial charge is 0.399 e. The molecule has 1 aliphatic heterocycles. The zero-order valence-electron chi connectivity index (χ0n) is 14.6. The van der Waals surface area contributed by atoms with Crippen molar-refractivity contribution in [1.82, 2.24) is 15.2 Å². The predicted molar refractivity (Wildman–Crippen MR) is 101 cm³/mol. The number of hydrogen-bond donors (Lipinski definition) is 2. The SMILES string of the molecule is Cc1cc(C(=O)NCCN2CCN(c3ccccn3)CC2)ccc1N. The van der Waals surface area contributed by atoms with Gasteiger partial charge in [0.2, 0.25) is 0 Å². The summed E-state index contributed by atoms with van der Waals surface area (Å²) in [6.07, 6.45) is 1.83. The van der Waals surface area contributed by atoms with E-state index in [1.165, 1.54) is 0 Å². The summed E-state index contributed by atoms with van der Waals surface area (Å²) in [7, 11) is 0. The highest BCUT2D eigenvalue weighted by Crippen LogP contribution is 2.13. The molecule has 1 saturated heterocycles. The summed E-state index contributed by atoms with van der Waals surface area (Å²) in [6, 6.07) is 11.4. The number of amides is 1. The Morgan fingerprint density at radius 1 is 1.20 bits per heavy atom. The van der Waals surface area contributed by atoms with Crippen molar-refractivity contribution in [3.8, 4) is 0 Å². The molecule has 1 aliphatic rings. The van der Waals surface area contributed by atoms with Gasteiger partial charge in [0.25, 0.3) is 5.91 Å². The Kier molecular flexibility index (Phi) is 5.50. The van der Waals surface area contributed by atoms with Crippen molar-refractivity contribution in [3.63, 3.8) is 0 Å². The minimum atomic E-state index is -0.0461. The number of benzene rings is 1. The summed E-state index contributed by atoms with van der Waals surface area (Å²) >= 11 is 0. The van der Waals surface area contributed by atoms with Crippen molar-refractivity contribution in [2.75, 3.05) is 49.9 Å². The molecule has 25 heavy (non-hydrogen) atoms. The van der Waals surface area contributed by atoms with Crippen LogP contribution >= 0.6 is 0 Å². The highest BCUT2D eigenvalue weighted by atomic mass is 16.1. The zero-order chi connectivity index (χ0) is 17.6. The fourth-order valence-electron chi connectivity index (χ4n) is 2.99. The van der Waals surface area contributed by atoms with Gasteiger partial charge in [0.05, 0.1) is 0 Å². The van der Waals surface area contributed by atoms with Crippen LogP contribution in [-0.4, -0.2) is 55.1 Å². The van der Waals surface area contributed by atoms with Crippen molar-refractivity contribution in [1.29, 1.82) is 0 Å². The molecule has 0 atom stereocenters. The molecule has 132 valence electrons. The van der Waals surface area contributed by atoms with E-state index in [1.807, 2.05) is 37.4 Å². The van der Waals surface area contributed by atoms with E-state index in [0.717, 1.165) is 44.1 Å². The van der Waals surface area contributed by atoms with Crippen molar-refractivity contribution in [3.05, 3.63) is 53.7 Å². The van der Waals surface area contributed by atoms with E-state index in [0.29, 0.717) is 17.8 Å². The molecule has 0 saturated carbocycles. The first kappa shape index (κ1) is 17.2. The average molecular weight is 339 g/mol. The molecule has 1 amide bonds. The summed E-state index contributed by atoms with van der Waals surface area (Å²) in [6.45, 7) is 7.29. The summed E-state index contributed by atoms with van der Waals surface area (Å²) < 4.78 is 0. The lowest BCUT2D eigenvalue weighted by molar-refractivity contribution is 0.0947. The molecule has 6 heteroatoms. The minimum absolute atomic E-state index is 0.0461. The Bertz CT molecular complexity index is 711. The second kappa shape index (κ2) is 7.98. The Hall–Kier alpha value is -2.60. The van der Waals surface area contributed by atoms with Gasteiger partial charge in [-0.2, -0.15) is 0 Å². The Balaban J connectivity index is 1.41. The monoisotopic (exact) mass is 339 g/mol. The van der Waals surface area contributed by atoms with E-state index in [-0.39, 0.29) is 5.91 Å². The lowest BCUT2D eigenvalue weighted by Crippen LogP contribution is -2.48. The molecule has 2 aromatic rings. The number of nitrogen functional groups attached to an aromatic ring is 1. The third-order valence-electron chi connectivity index (χ3n) is 4.59. The summed E-state index contributed by atoms with van der Waals surface area (Å²) in [4.78, 5) is 21.3. The number of nitrogens with zero attached hydrogens (tertiary/aromatic N) is 3. The van der Waals surface area contributed by atoms with Gasteiger partial charge in [-0.3, -0.25) is 9.69 Å². The van der Waals surface area contributed by atoms with Gasteiger partial charge in [-0.1, -0.05) is 6.07 Å². The van der Waals surface area contributed by atoms with Crippen molar-refractivity contribution in [2.45, 2.75) is 6.92 Å². The number of hydrogen-bond acceptors (Lipinski definition) is 5. The molecule has 0 spiro atoms. The lowest BCUT2D eigenvalue weighted by atomic mass is 10.1. The fourth-order valence-corrected chi connectivity index (χ4v) is 2.99. The molecule has 0 bridgehead atoms. The molecule has 6 nitrogen and oxygen atoms in total. The number of anilines is 2. The van der Waals surface area contributed by atoms with E-state index in [9.17, 15) is 4.79 Å². The molecule has 1 aromatic heterocycles. The topological polar surface area (TPSA) is 74.5 Å². The molecule has 1 aromatic carbocycles. The van der Waals surface area contributed by atoms with Crippen LogP contribution in [0.25, 0.3) is 0 Å². The fraction of sp³-hybridized carbons (Fsp3) is 0.368. The quantitative estimate of drug-likeness (QED) is 0.808. The maximum atomic E-state index is 12.2. The van der Waals surface area contributed by atoms with Gasteiger partial charge < -0.3 is 16.0 Å². The normalized spacial score (nSPS) is 15.2. The third kappa shape index (κ3) is 4.48. The first-order valence-electron chi connectivity index (χ1n) is 8.66. The number of piperazine rings is 1. The Morgan fingerprint density at radius 2 is 2.00 bits per heavy atom. The number of aryl methyl sites for hydroxylation is 1. The maximum Gasteiger partial charge on any atom is 0.251 e. The molecule has 3 N–H and O–H groups in total. The van der Waals surface area contributed by atoms with Crippen molar-refractivity contribution >= 4 is 17.4 Å². The van der Waals surface area contributed by atoms with Crippen LogP contribution in [0.5, 0.6) is 0 Å². The standard InChI is InChI=1S/C19H25N5O/c1-15-14-16(5-6-17(15)20)19(25)22-8-9-23-10-12-24(13-11-23)18-4-2-3-7-21-18/h2-7,14H,8-13,20H2,1H3,(H,22,25). The number of nitrogens with two attached hydrogens (primary N) is 1. The van der Waals surface area contributed by atoms with Gasteiger partial charge in [-0.15, -0.1) is 0 Å². The first-order chi connectivity index (χ1) is 12.1. The van der Waals surface area contributed by atoms with E-state index in [4.69, 9.17) is 5.73 Å². The lowest BCUT2D eigenvalue weighted by Gasteiger charge is -2.35. The van der Waals surface area contributed by atoms with Gasteiger partial charge in [0.1, 0.15) is 5.82 Å². The van der Waals surface area contributed by atoms with Crippen LogP contribution < -0.4 is 16.0 Å². The minimum Gasteiger partial charge on any atom is -0.399 e. The van der Waals surface area contributed by atoms with Crippen LogP contribution in [0.1, 0.15) is 15.9 Å². The van der Waals surface area contributed by atoms with Crippen LogP contribution in [0.3, 0.4) is 0 Å². The van der Waals surface area contributed by atoms with Gasteiger partial charge in [0, 0.05) is 56.7 Å². The van der Waals surface area contributed by atoms with E-state index in [1.54, 1.807) is 12.1 Å². The molecule has 0 aliphatic carbocycles. The smallest absolute Gasteiger partial charge is 0.251 e. The molecule has 0 unspecified atom stereocenters. The van der Waals surface area contributed by atoms with E-state index >= 15 is 0 Å². The second-order valence-electron chi connectivity index (χ2n) is 6.34. The van der Waals surface area contributed by atoms with Crippen molar-refractivity contribution in [2.24, 2.45) is 0 Å². The molecule has 0 radical (unpaired) electrons. The highest BCUT2D eigenvalue weighted by Gasteiger charge is 2.17. The number of carbonyl (C=O) groups excluding carboxylic acids is 1. The molecule has 2 heterocycles. The predicted octanol–water partition coefficient (Wildman–Crippen LogP) is 1.52. The number of pyridine rings is 1. The molecule has 3 rings (SSSR count). The van der Waals surface area contributed by atoms with E-state index in [2.05, 4.69) is 20.1 Å². The van der Waals surface area contributed by atoms with Gasteiger partial charge in [-0.05, 0) is 42.8 Å². The van der Waals surface area contributed by atoms with Gasteiger partial charge in [-0.25, -0.2) is 4.98 Å². The Morgan fingerprint density at radius 3 is 2.68 bits per heavy atom. The molecular weight excluding hydrogens is 314 g/mol. The van der Waals surface area contributed by atoms with Crippen LogP contribution in [0.4, 0.5) is 11.5 Å². The summed E-state index contributed by atoms with van der Waals surface area (Å²) in [5, 5.41) is 2.99. The molecular formula is C19H25N5O. The number of aromatic nitrogens is 1. The second-order valence-corrected chi connectivity index (χ2v) is 6.34. The van der Waals surface area contributed by atoms with Crippen molar-refractivity contribution < 1.29 is 4.79 Å². The number of carbonyl (C=O) groups is 1. The summed E-state index contributed by atoms with van der Waals surface area (Å²) in [5.41, 5.74) is 8.09. The van der Waals surface area contributed by atoms with Crippen LogP contribution in [0.2, 0.25) is 0 Å². The van der Waals surface area contributed by atoms with Crippen LogP contribution in [0, 0.1) is 6.92 Å². The maximum absolute atomic E-state index is 12.2. The van der Waals surface area contributed by atoms with Gasteiger partial charge >= 0.3 is 0 Å². The average Bonchev–Trinajstić information content (AvgIpc) is 2.65. The highest BCUT2D eigenvalue weighted by molar-refractivity contribution is 5.94. The molecule has 1 fully saturated rings. The Labute approximate surface area is 148 Å². The van der Waals surface area contributed by atoms with E-state index < -0.39 is 0 Å². The van der Waals surface area contributed by atoms with Gasteiger partial charge in [0.15, 0.2) is 0 Å².